The summed E-state index contributed by atoms with van der Waals surface area (Å²) in [6.45, 7) is 1.51. The maximum Gasteiger partial charge on any atom is 0.253 e. The first-order valence-corrected chi connectivity index (χ1v) is 7.17. The highest BCUT2D eigenvalue weighted by atomic mass is 79.9. The normalized spacial score (nSPS) is 17.2. The number of rotatable bonds is 1. The molecule has 5 heteroatoms. The molecule has 0 saturated carbocycles. The molecular formula is C12H12Br2FNO. The number of nitrogens with zero attached hydrogens (tertiary/aromatic N) is 1. The number of benzene rings is 1. The molecule has 1 aliphatic heterocycles. The minimum atomic E-state index is -0.347. The van der Waals surface area contributed by atoms with Crippen molar-refractivity contribution < 1.29 is 9.18 Å². The molecule has 0 bridgehead atoms. The molecule has 1 aromatic rings. The van der Waals surface area contributed by atoms with Crippen LogP contribution in [0.1, 0.15) is 23.2 Å². The predicted octanol–water partition coefficient (Wildman–Crippen LogP) is 3.59. The molecule has 0 unspecified atom stereocenters. The summed E-state index contributed by atoms with van der Waals surface area (Å²) >= 11 is 6.64. The number of hydrogen-bond donors (Lipinski definition) is 0. The first-order chi connectivity index (χ1) is 8.08. The van der Waals surface area contributed by atoms with E-state index in [2.05, 4.69) is 31.9 Å². The van der Waals surface area contributed by atoms with E-state index in [4.69, 9.17) is 0 Å². The van der Waals surface area contributed by atoms with Crippen molar-refractivity contribution in [3.63, 3.8) is 0 Å². The van der Waals surface area contributed by atoms with Crippen LogP contribution in [0.2, 0.25) is 0 Å². The van der Waals surface area contributed by atoms with Gasteiger partial charge in [-0.1, -0.05) is 15.9 Å². The number of carbonyl (C=O) groups is 1. The molecule has 92 valence electrons. The van der Waals surface area contributed by atoms with Gasteiger partial charge in [-0.2, -0.15) is 0 Å². The van der Waals surface area contributed by atoms with E-state index in [1.54, 1.807) is 0 Å². The number of hydrogen-bond acceptors (Lipinski definition) is 1. The van der Waals surface area contributed by atoms with Crippen LogP contribution in [0, 0.1) is 5.82 Å². The molecule has 0 spiro atoms. The van der Waals surface area contributed by atoms with Gasteiger partial charge in [0.2, 0.25) is 0 Å². The Morgan fingerprint density at radius 1 is 1.35 bits per heavy atom. The van der Waals surface area contributed by atoms with Crippen molar-refractivity contribution in [3.8, 4) is 0 Å². The molecule has 1 fully saturated rings. The van der Waals surface area contributed by atoms with Crippen molar-refractivity contribution in [2.75, 3.05) is 13.1 Å². The van der Waals surface area contributed by atoms with Gasteiger partial charge in [0.25, 0.3) is 5.91 Å². The summed E-state index contributed by atoms with van der Waals surface area (Å²) in [5.74, 6) is -0.370. The van der Waals surface area contributed by atoms with E-state index < -0.39 is 0 Å². The molecule has 2 nitrogen and oxygen atoms in total. The molecule has 0 radical (unpaired) electrons. The summed E-state index contributed by atoms with van der Waals surface area (Å²) in [6, 6.07) is 4.38. The van der Waals surface area contributed by atoms with Crippen molar-refractivity contribution in [3.05, 3.63) is 34.1 Å². The number of amides is 1. The zero-order valence-corrected chi connectivity index (χ0v) is 12.3. The number of likely N-dealkylation sites (tertiary alicyclic amines) is 1. The highest BCUT2D eigenvalue weighted by Crippen LogP contribution is 2.21. The van der Waals surface area contributed by atoms with Crippen molar-refractivity contribution in [2.24, 2.45) is 0 Å². The van der Waals surface area contributed by atoms with Gasteiger partial charge in [0.05, 0.1) is 4.47 Å². The van der Waals surface area contributed by atoms with Crippen molar-refractivity contribution >= 4 is 37.8 Å². The molecule has 17 heavy (non-hydrogen) atoms. The third-order valence-corrected chi connectivity index (χ3v) is 4.40. The third kappa shape index (κ3) is 3.07. The van der Waals surface area contributed by atoms with Crippen LogP contribution in [0.3, 0.4) is 0 Å². The quantitative estimate of drug-likeness (QED) is 0.697. The molecule has 2 rings (SSSR count). The van der Waals surface area contributed by atoms with Crippen molar-refractivity contribution in [2.45, 2.75) is 17.7 Å². The number of halogens is 3. The van der Waals surface area contributed by atoms with Gasteiger partial charge >= 0.3 is 0 Å². The molecule has 0 atom stereocenters. The zero-order chi connectivity index (χ0) is 12.4. The van der Waals surface area contributed by atoms with Gasteiger partial charge in [0, 0.05) is 23.5 Å². The predicted molar refractivity (Wildman–Crippen MR) is 72.0 cm³/mol. The summed E-state index contributed by atoms with van der Waals surface area (Å²) in [4.78, 5) is 14.5. The first-order valence-electron chi connectivity index (χ1n) is 5.46. The maximum absolute atomic E-state index is 13.1. The Balaban J connectivity index is 2.11. The van der Waals surface area contributed by atoms with E-state index in [0.29, 0.717) is 14.9 Å². The zero-order valence-electron chi connectivity index (χ0n) is 9.13. The average Bonchev–Trinajstić information content (AvgIpc) is 2.33. The maximum atomic E-state index is 13.1. The SMILES string of the molecule is O=C(c1ccc(F)c(Br)c1)N1CCC(Br)CC1. The number of alkyl halides is 1. The second-order valence-corrected chi connectivity index (χ2v) is 6.25. The highest BCUT2D eigenvalue weighted by molar-refractivity contribution is 9.10. The van der Waals surface area contributed by atoms with E-state index in [9.17, 15) is 9.18 Å². The molecule has 1 aliphatic rings. The molecule has 1 saturated heterocycles. The van der Waals surface area contributed by atoms with Gasteiger partial charge in [0.1, 0.15) is 5.82 Å². The third-order valence-electron chi connectivity index (χ3n) is 2.88. The van der Waals surface area contributed by atoms with E-state index >= 15 is 0 Å². The van der Waals surface area contributed by atoms with Crippen LogP contribution in [-0.4, -0.2) is 28.7 Å². The molecule has 0 aliphatic carbocycles. The van der Waals surface area contributed by atoms with Gasteiger partial charge in [0.15, 0.2) is 0 Å². The summed E-state index contributed by atoms with van der Waals surface area (Å²) in [5.41, 5.74) is 0.534. The van der Waals surface area contributed by atoms with Crippen molar-refractivity contribution in [1.82, 2.24) is 4.90 Å². The minimum absolute atomic E-state index is 0.0231. The average molecular weight is 365 g/mol. The summed E-state index contributed by atoms with van der Waals surface area (Å²) in [6.07, 6.45) is 1.93. The van der Waals surface area contributed by atoms with E-state index in [1.807, 2.05) is 4.90 Å². The lowest BCUT2D eigenvalue weighted by atomic mass is 10.1. The Labute approximate surface area is 116 Å². The molecule has 0 aromatic heterocycles. The molecule has 1 heterocycles. The Morgan fingerprint density at radius 3 is 2.59 bits per heavy atom. The molecule has 1 amide bonds. The lowest BCUT2D eigenvalue weighted by molar-refractivity contribution is 0.0728. The number of carbonyl (C=O) groups excluding carboxylic acids is 1. The Kier molecular flexibility index (Phi) is 4.20. The van der Waals surface area contributed by atoms with Gasteiger partial charge in [-0.25, -0.2) is 4.39 Å². The fourth-order valence-corrected chi connectivity index (χ4v) is 2.65. The first kappa shape index (κ1) is 13.0. The summed E-state index contributed by atoms with van der Waals surface area (Å²) < 4.78 is 13.4. The van der Waals surface area contributed by atoms with Crippen LogP contribution < -0.4 is 0 Å². The number of piperidine rings is 1. The second-order valence-electron chi connectivity index (χ2n) is 4.10. The fourth-order valence-electron chi connectivity index (χ4n) is 1.86. The Morgan fingerprint density at radius 2 is 2.00 bits per heavy atom. The van der Waals surface area contributed by atoms with Crippen LogP contribution in [0.4, 0.5) is 4.39 Å². The summed E-state index contributed by atoms with van der Waals surface area (Å²) in [5, 5.41) is 0. The summed E-state index contributed by atoms with van der Waals surface area (Å²) in [7, 11) is 0. The standard InChI is InChI=1S/C12H12Br2FNO/c13-9-3-5-16(6-4-9)12(17)8-1-2-11(15)10(14)7-8/h1-2,7,9H,3-6H2. The van der Waals surface area contributed by atoms with Gasteiger partial charge in [-0.3, -0.25) is 4.79 Å². The minimum Gasteiger partial charge on any atom is -0.339 e. The highest BCUT2D eigenvalue weighted by Gasteiger charge is 2.22. The molecular weight excluding hydrogens is 353 g/mol. The topological polar surface area (TPSA) is 20.3 Å². The van der Waals surface area contributed by atoms with Gasteiger partial charge in [-0.15, -0.1) is 0 Å². The monoisotopic (exact) mass is 363 g/mol. The van der Waals surface area contributed by atoms with Crippen LogP contribution >= 0.6 is 31.9 Å². The van der Waals surface area contributed by atoms with E-state index in [0.717, 1.165) is 25.9 Å². The molecule has 0 N–H and O–H groups in total. The van der Waals surface area contributed by atoms with Crippen LogP contribution in [0.5, 0.6) is 0 Å². The lowest BCUT2D eigenvalue weighted by Crippen LogP contribution is -2.38. The largest absolute Gasteiger partial charge is 0.339 e. The Bertz CT molecular complexity index is 431. The van der Waals surface area contributed by atoms with Crippen LogP contribution in [0.15, 0.2) is 22.7 Å². The Hall–Kier alpha value is -0.420. The van der Waals surface area contributed by atoms with Gasteiger partial charge < -0.3 is 4.90 Å². The molecule has 1 aromatic carbocycles. The van der Waals surface area contributed by atoms with Crippen molar-refractivity contribution in [1.29, 1.82) is 0 Å². The fraction of sp³-hybridized carbons (Fsp3) is 0.417. The van der Waals surface area contributed by atoms with Gasteiger partial charge in [-0.05, 0) is 47.0 Å². The van der Waals surface area contributed by atoms with Crippen LogP contribution in [-0.2, 0) is 0 Å². The lowest BCUT2D eigenvalue weighted by Gasteiger charge is -2.29. The van der Waals surface area contributed by atoms with E-state index in [1.165, 1.54) is 18.2 Å². The van der Waals surface area contributed by atoms with Crippen LogP contribution in [0.25, 0.3) is 0 Å². The smallest absolute Gasteiger partial charge is 0.253 e. The van der Waals surface area contributed by atoms with E-state index in [-0.39, 0.29) is 11.7 Å². The second kappa shape index (κ2) is 5.48.